The normalized spacial score (nSPS) is 18.3. The van der Waals surface area contributed by atoms with E-state index in [0.717, 1.165) is 0 Å². The molecule has 2 rings (SSSR count). The lowest BCUT2D eigenvalue weighted by Crippen LogP contribution is -2.45. The molecule has 0 spiro atoms. The summed E-state index contributed by atoms with van der Waals surface area (Å²) in [6, 6.07) is 5.87. The Morgan fingerprint density at radius 3 is 2.32 bits per heavy atom. The van der Waals surface area contributed by atoms with Crippen molar-refractivity contribution in [1.82, 2.24) is 5.32 Å². The molecule has 0 amide bonds. The fourth-order valence-corrected chi connectivity index (χ4v) is 2.43. The minimum Gasteiger partial charge on any atom is -0.481 e. The van der Waals surface area contributed by atoms with Gasteiger partial charge in [0.05, 0.1) is 5.41 Å². The summed E-state index contributed by atoms with van der Waals surface area (Å²) in [5, 5.41) is 12.6. The lowest BCUT2D eigenvalue weighted by atomic mass is 9.73. The number of hydrogen-bond donors (Lipinski definition) is 2. The highest BCUT2D eigenvalue weighted by atomic mass is 19.3. The van der Waals surface area contributed by atoms with Crippen LogP contribution in [0.1, 0.15) is 18.4 Å². The second-order valence-electron chi connectivity index (χ2n) is 4.54. The maximum atomic E-state index is 12.1. The zero-order chi connectivity index (χ0) is 13.9. The summed E-state index contributed by atoms with van der Waals surface area (Å²) < 4.78 is 28.4. The Balaban J connectivity index is 2.25. The monoisotopic (exact) mass is 271 g/mol. The third-order valence-electron chi connectivity index (χ3n) is 3.50. The van der Waals surface area contributed by atoms with E-state index < -0.39 is 18.0 Å². The number of ether oxygens (including phenoxy) is 1. The predicted molar refractivity (Wildman–Crippen MR) is 64.5 cm³/mol. The van der Waals surface area contributed by atoms with E-state index in [9.17, 15) is 18.7 Å². The van der Waals surface area contributed by atoms with E-state index in [0.29, 0.717) is 31.5 Å². The van der Waals surface area contributed by atoms with Crippen molar-refractivity contribution in [1.29, 1.82) is 0 Å². The molecular weight excluding hydrogens is 256 g/mol. The van der Waals surface area contributed by atoms with Gasteiger partial charge in [-0.15, -0.1) is 0 Å². The maximum Gasteiger partial charge on any atom is 0.387 e. The van der Waals surface area contributed by atoms with E-state index in [4.69, 9.17) is 0 Å². The number of halogens is 2. The van der Waals surface area contributed by atoms with Gasteiger partial charge in [-0.3, -0.25) is 4.79 Å². The van der Waals surface area contributed by atoms with Gasteiger partial charge in [0.1, 0.15) is 5.75 Å². The van der Waals surface area contributed by atoms with E-state index in [2.05, 4.69) is 10.1 Å². The highest BCUT2D eigenvalue weighted by molar-refractivity contribution is 5.81. The minimum atomic E-state index is -2.88. The van der Waals surface area contributed by atoms with Crippen molar-refractivity contribution in [2.45, 2.75) is 24.9 Å². The number of carboxylic acid groups (broad SMARTS) is 1. The van der Waals surface area contributed by atoms with Crippen molar-refractivity contribution >= 4 is 5.97 Å². The van der Waals surface area contributed by atoms with Gasteiger partial charge >= 0.3 is 12.6 Å². The van der Waals surface area contributed by atoms with Crippen molar-refractivity contribution in [2.75, 3.05) is 13.1 Å². The zero-order valence-electron chi connectivity index (χ0n) is 10.2. The largest absolute Gasteiger partial charge is 0.481 e. The Kier molecular flexibility index (Phi) is 3.99. The van der Waals surface area contributed by atoms with Crippen LogP contribution in [0, 0.1) is 0 Å². The van der Waals surface area contributed by atoms with E-state index >= 15 is 0 Å². The average molecular weight is 271 g/mol. The smallest absolute Gasteiger partial charge is 0.387 e. The summed E-state index contributed by atoms with van der Waals surface area (Å²) in [5.41, 5.74) is -0.308. The first-order chi connectivity index (χ1) is 9.04. The van der Waals surface area contributed by atoms with Crippen molar-refractivity contribution in [2.24, 2.45) is 0 Å². The number of carboxylic acids is 1. The van der Waals surface area contributed by atoms with Crippen molar-refractivity contribution in [3.05, 3.63) is 29.8 Å². The molecule has 1 aromatic rings. The SMILES string of the molecule is O=C(O)C1(c2ccc(OC(F)F)cc2)CCNCC1. The van der Waals surface area contributed by atoms with Gasteiger partial charge in [-0.1, -0.05) is 12.1 Å². The van der Waals surface area contributed by atoms with Crippen LogP contribution in [0.4, 0.5) is 8.78 Å². The van der Waals surface area contributed by atoms with Crippen LogP contribution in [0.25, 0.3) is 0 Å². The van der Waals surface area contributed by atoms with Crippen LogP contribution in [-0.2, 0) is 10.2 Å². The molecule has 1 aliphatic rings. The maximum absolute atomic E-state index is 12.1. The minimum absolute atomic E-state index is 0.0354. The van der Waals surface area contributed by atoms with Crippen LogP contribution in [0.2, 0.25) is 0 Å². The molecule has 1 aromatic carbocycles. The van der Waals surface area contributed by atoms with Gasteiger partial charge in [0, 0.05) is 0 Å². The predicted octanol–water partition coefficient (Wildman–Crippen LogP) is 1.99. The molecule has 0 atom stereocenters. The van der Waals surface area contributed by atoms with Gasteiger partial charge in [0.25, 0.3) is 0 Å². The van der Waals surface area contributed by atoms with Gasteiger partial charge in [0.2, 0.25) is 0 Å². The molecule has 1 fully saturated rings. The fourth-order valence-electron chi connectivity index (χ4n) is 2.43. The summed E-state index contributed by atoms with van der Waals surface area (Å²) in [6.07, 6.45) is 0.967. The van der Waals surface area contributed by atoms with Gasteiger partial charge in [-0.2, -0.15) is 8.78 Å². The van der Waals surface area contributed by atoms with Crippen molar-refractivity contribution in [3.8, 4) is 5.75 Å². The molecule has 0 aromatic heterocycles. The molecule has 2 N–H and O–H groups in total. The van der Waals surface area contributed by atoms with Gasteiger partial charge < -0.3 is 15.2 Å². The molecule has 0 unspecified atom stereocenters. The van der Waals surface area contributed by atoms with E-state index in [1.54, 1.807) is 12.1 Å². The quantitative estimate of drug-likeness (QED) is 0.879. The average Bonchev–Trinajstić information content (AvgIpc) is 2.39. The summed E-state index contributed by atoms with van der Waals surface area (Å²) >= 11 is 0. The Bertz CT molecular complexity index is 442. The first-order valence-electron chi connectivity index (χ1n) is 6.04. The summed E-state index contributed by atoms with van der Waals surface area (Å²) in [5.74, 6) is -0.843. The summed E-state index contributed by atoms with van der Waals surface area (Å²) in [6.45, 7) is -1.62. The highest BCUT2D eigenvalue weighted by Crippen LogP contribution is 2.34. The molecule has 1 aliphatic heterocycles. The van der Waals surface area contributed by atoms with E-state index in [-0.39, 0.29) is 5.75 Å². The summed E-state index contributed by atoms with van der Waals surface area (Å²) in [4.78, 5) is 11.6. The molecule has 0 radical (unpaired) electrons. The van der Waals surface area contributed by atoms with Crippen LogP contribution >= 0.6 is 0 Å². The molecule has 6 heteroatoms. The van der Waals surface area contributed by atoms with Crippen LogP contribution in [0.5, 0.6) is 5.75 Å². The number of carbonyl (C=O) groups is 1. The molecule has 0 aliphatic carbocycles. The van der Waals surface area contributed by atoms with Crippen molar-refractivity contribution in [3.63, 3.8) is 0 Å². The molecule has 19 heavy (non-hydrogen) atoms. The molecule has 0 saturated carbocycles. The van der Waals surface area contributed by atoms with Crippen LogP contribution < -0.4 is 10.1 Å². The number of nitrogens with one attached hydrogen (secondary N) is 1. The Morgan fingerprint density at radius 2 is 1.84 bits per heavy atom. The van der Waals surface area contributed by atoms with Gasteiger partial charge in [-0.05, 0) is 43.6 Å². The third-order valence-corrected chi connectivity index (χ3v) is 3.50. The standard InChI is InChI=1S/C13H15F2NO3/c14-12(15)19-10-3-1-9(2-4-10)13(11(17)18)5-7-16-8-6-13/h1-4,12,16H,5-8H2,(H,17,18). The van der Waals surface area contributed by atoms with Crippen LogP contribution in [-0.4, -0.2) is 30.8 Å². The van der Waals surface area contributed by atoms with Crippen LogP contribution in [0.3, 0.4) is 0 Å². The number of rotatable bonds is 4. The molecule has 1 saturated heterocycles. The van der Waals surface area contributed by atoms with Gasteiger partial charge in [0.15, 0.2) is 0 Å². The van der Waals surface area contributed by atoms with Crippen molar-refractivity contribution < 1.29 is 23.4 Å². The fraction of sp³-hybridized carbons (Fsp3) is 0.462. The number of aliphatic carboxylic acids is 1. The molecule has 0 bridgehead atoms. The molecular formula is C13H15F2NO3. The topological polar surface area (TPSA) is 58.6 Å². The number of alkyl halides is 2. The number of piperidine rings is 1. The number of benzene rings is 1. The number of hydrogen-bond acceptors (Lipinski definition) is 3. The van der Waals surface area contributed by atoms with Crippen LogP contribution in [0.15, 0.2) is 24.3 Å². The zero-order valence-corrected chi connectivity index (χ0v) is 10.2. The highest BCUT2D eigenvalue weighted by Gasteiger charge is 2.41. The Hall–Kier alpha value is -1.69. The second kappa shape index (κ2) is 5.52. The first-order valence-corrected chi connectivity index (χ1v) is 6.04. The first kappa shape index (κ1) is 13.7. The van der Waals surface area contributed by atoms with E-state index in [1.165, 1.54) is 12.1 Å². The second-order valence-corrected chi connectivity index (χ2v) is 4.54. The molecule has 4 nitrogen and oxygen atoms in total. The third kappa shape index (κ3) is 2.84. The van der Waals surface area contributed by atoms with E-state index in [1.807, 2.05) is 0 Å². The Labute approximate surface area is 109 Å². The molecule has 104 valence electrons. The Morgan fingerprint density at radius 1 is 1.26 bits per heavy atom. The molecule has 1 heterocycles. The lowest BCUT2D eigenvalue weighted by molar-refractivity contribution is -0.145. The lowest BCUT2D eigenvalue weighted by Gasteiger charge is -2.34. The van der Waals surface area contributed by atoms with Gasteiger partial charge in [-0.25, -0.2) is 0 Å². The summed E-state index contributed by atoms with van der Waals surface area (Å²) in [7, 11) is 0.